The minimum Gasteiger partial charge on any atom is -0.481 e. The predicted octanol–water partition coefficient (Wildman–Crippen LogP) is 2.75. The van der Waals surface area contributed by atoms with Crippen LogP contribution in [-0.2, 0) is 16.0 Å². The van der Waals surface area contributed by atoms with Crippen molar-refractivity contribution in [3.63, 3.8) is 0 Å². The lowest BCUT2D eigenvalue weighted by Gasteiger charge is -2.16. The molecule has 0 fully saturated rings. The van der Waals surface area contributed by atoms with Gasteiger partial charge in [0.2, 0.25) is 0 Å². The van der Waals surface area contributed by atoms with Crippen LogP contribution in [0.3, 0.4) is 0 Å². The quantitative estimate of drug-likeness (QED) is 0.747. The number of ether oxygens (including phenoxy) is 1. The second-order valence-corrected chi connectivity index (χ2v) is 5.07. The molecule has 6 heteroatoms. The SMILES string of the molecule is C=CCOC(=O)N[C@H](CC(=O)O)Cc1ccc(Br)cc1. The number of hydrogen-bond acceptors (Lipinski definition) is 3. The fraction of sp³-hybridized carbons (Fsp3) is 0.286. The summed E-state index contributed by atoms with van der Waals surface area (Å²) in [6.07, 6.45) is 1.05. The second kappa shape index (κ2) is 8.37. The van der Waals surface area contributed by atoms with E-state index in [1.54, 1.807) is 0 Å². The fourth-order valence-electron chi connectivity index (χ4n) is 1.63. The molecule has 0 unspecified atom stereocenters. The third-order valence-electron chi connectivity index (χ3n) is 2.47. The maximum Gasteiger partial charge on any atom is 0.407 e. The molecule has 5 nitrogen and oxygen atoms in total. The maximum atomic E-state index is 11.5. The van der Waals surface area contributed by atoms with Crippen LogP contribution in [-0.4, -0.2) is 29.8 Å². The van der Waals surface area contributed by atoms with Crippen molar-refractivity contribution < 1.29 is 19.4 Å². The van der Waals surface area contributed by atoms with Gasteiger partial charge in [0, 0.05) is 10.5 Å². The molecule has 2 N–H and O–H groups in total. The third kappa shape index (κ3) is 6.38. The lowest BCUT2D eigenvalue weighted by atomic mass is 10.0. The van der Waals surface area contributed by atoms with Crippen LogP contribution < -0.4 is 5.32 Å². The third-order valence-corrected chi connectivity index (χ3v) is 3.00. The van der Waals surface area contributed by atoms with Crippen LogP contribution in [0.4, 0.5) is 4.79 Å². The number of amides is 1. The molecule has 0 heterocycles. The van der Waals surface area contributed by atoms with E-state index < -0.39 is 18.1 Å². The zero-order valence-corrected chi connectivity index (χ0v) is 12.4. The topological polar surface area (TPSA) is 75.6 Å². The van der Waals surface area contributed by atoms with Crippen LogP contribution in [0.1, 0.15) is 12.0 Å². The van der Waals surface area contributed by atoms with E-state index in [0.717, 1.165) is 10.0 Å². The van der Waals surface area contributed by atoms with Crippen LogP contribution >= 0.6 is 15.9 Å². The summed E-state index contributed by atoms with van der Waals surface area (Å²) in [5, 5.41) is 11.4. The molecule has 1 amide bonds. The van der Waals surface area contributed by atoms with Gasteiger partial charge in [-0.2, -0.15) is 0 Å². The summed E-state index contributed by atoms with van der Waals surface area (Å²) in [5.74, 6) is -0.976. The molecule has 0 saturated carbocycles. The van der Waals surface area contributed by atoms with Crippen molar-refractivity contribution >= 4 is 28.0 Å². The number of aliphatic carboxylic acids is 1. The highest BCUT2D eigenvalue weighted by Crippen LogP contribution is 2.13. The number of alkyl carbamates (subject to hydrolysis) is 1. The van der Waals surface area contributed by atoms with Crippen molar-refractivity contribution in [1.29, 1.82) is 0 Å². The first-order valence-corrected chi connectivity index (χ1v) is 6.81. The van der Waals surface area contributed by atoms with E-state index >= 15 is 0 Å². The molecule has 0 saturated heterocycles. The van der Waals surface area contributed by atoms with Gasteiger partial charge < -0.3 is 15.2 Å². The van der Waals surface area contributed by atoms with Gasteiger partial charge in [-0.15, -0.1) is 0 Å². The Labute approximate surface area is 125 Å². The first-order chi connectivity index (χ1) is 9.51. The number of rotatable bonds is 7. The van der Waals surface area contributed by atoms with Crippen molar-refractivity contribution in [2.45, 2.75) is 18.9 Å². The van der Waals surface area contributed by atoms with Crippen molar-refractivity contribution in [3.05, 3.63) is 47.0 Å². The van der Waals surface area contributed by atoms with Gasteiger partial charge >= 0.3 is 12.1 Å². The Bertz CT molecular complexity index is 473. The normalized spacial score (nSPS) is 11.4. The van der Waals surface area contributed by atoms with Crippen LogP contribution in [0, 0.1) is 0 Å². The number of carboxylic acids is 1. The molecular weight excluding hydrogens is 326 g/mol. The first kappa shape index (κ1) is 16.2. The van der Waals surface area contributed by atoms with Crippen LogP contribution in [0.2, 0.25) is 0 Å². The van der Waals surface area contributed by atoms with Gasteiger partial charge in [-0.1, -0.05) is 40.7 Å². The van der Waals surface area contributed by atoms with Crippen molar-refractivity contribution in [2.75, 3.05) is 6.61 Å². The van der Waals surface area contributed by atoms with Crippen molar-refractivity contribution in [3.8, 4) is 0 Å². The molecule has 1 aromatic carbocycles. The number of halogens is 1. The van der Waals surface area contributed by atoms with Crippen LogP contribution in [0.5, 0.6) is 0 Å². The smallest absolute Gasteiger partial charge is 0.407 e. The van der Waals surface area contributed by atoms with Crippen molar-refractivity contribution in [2.24, 2.45) is 0 Å². The van der Waals surface area contributed by atoms with E-state index in [4.69, 9.17) is 9.84 Å². The van der Waals surface area contributed by atoms with Crippen LogP contribution in [0.25, 0.3) is 0 Å². The number of carboxylic acid groups (broad SMARTS) is 1. The molecule has 0 spiro atoms. The molecule has 0 aliphatic carbocycles. The largest absolute Gasteiger partial charge is 0.481 e. The van der Waals surface area contributed by atoms with E-state index in [1.165, 1.54) is 6.08 Å². The lowest BCUT2D eigenvalue weighted by Crippen LogP contribution is -2.38. The highest BCUT2D eigenvalue weighted by atomic mass is 79.9. The van der Waals surface area contributed by atoms with E-state index in [-0.39, 0.29) is 13.0 Å². The van der Waals surface area contributed by atoms with E-state index in [0.29, 0.717) is 6.42 Å². The molecule has 0 aliphatic rings. The molecule has 1 atom stereocenters. The average molecular weight is 342 g/mol. The summed E-state index contributed by atoms with van der Waals surface area (Å²) >= 11 is 3.33. The highest BCUT2D eigenvalue weighted by Gasteiger charge is 2.17. The summed E-state index contributed by atoms with van der Waals surface area (Å²) in [7, 11) is 0. The number of hydrogen-bond donors (Lipinski definition) is 2. The van der Waals surface area contributed by atoms with E-state index in [9.17, 15) is 9.59 Å². The standard InChI is InChI=1S/C14H16BrNO4/c1-2-7-20-14(19)16-12(9-13(17)18)8-10-3-5-11(15)6-4-10/h2-6,12H,1,7-9H2,(H,16,19)(H,17,18)/t12-/m0/s1. The molecule has 0 aromatic heterocycles. The Balaban J connectivity index is 2.63. The highest BCUT2D eigenvalue weighted by molar-refractivity contribution is 9.10. The number of nitrogens with one attached hydrogen (secondary N) is 1. The molecule has 0 aliphatic heterocycles. The minimum atomic E-state index is -0.976. The lowest BCUT2D eigenvalue weighted by molar-refractivity contribution is -0.137. The summed E-state index contributed by atoms with van der Waals surface area (Å²) in [6, 6.07) is 6.95. The van der Waals surface area contributed by atoms with E-state index in [2.05, 4.69) is 27.8 Å². The zero-order chi connectivity index (χ0) is 15.0. The Hall–Kier alpha value is -1.82. The average Bonchev–Trinajstić information content (AvgIpc) is 2.38. The maximum absolute atomic E-state index is 11.5. The number of carbonyl (C=O) groups excluding carboxylic acids is 1. The van der Waals surface area contributed by atoms with Crippen molar-refractivity contribution in [1.82, 2.24) is 5.32 Å². The van der Waals surface area contributed by atoms with E-state index in [1.807, 2.05) is 24.3 Å². The summed E-state index contributed by atoms with van der Waals surface area (Å²) in [4.78, 5) is 22.3. The Morgan fingerprint density at radius 2 is 2.05 bits per heavy atom. The zero-order valence-electron chi connectivity index (χ0n) is 10.8. The summed E-state index contributed by atoms with van der Waals surface area (Å²) in [5.41, 5.74) is 0.934. The predicted molar refractivity (Wildman–Crippen MR) is 78.6 cm³/mol. The first-order valence-electron chi connectivity index (χ1n) is 6.01. The van der Waals surface area contributed by atoms with Gasteiger partial charge in [0.05, 0.1) is 6.42 Å². The monoisotopic (exact) mass is 341 g/mol. The summed E-state index contributed by atoms with van der Waals surface area (Å²) in [6.45, 7) is 3.52. The molecule has 20 heavy (non-hydrogen) atoms. The fourth-order valence-corrected chi connectivity index (χ4v) is 1.90. The number of benzene rings is 1. The molecule has 108 valence electrons. The van der Waals surface area contributed by atoms with Gasteiger partial charge in [-0.3, -0.25) is 4.79 Å². The van der Waals surface area contributed by atoms with Gasteiger partial charge in [0.1, 0.15) is 6.61 Å². The van der Waals surface area contributed by atoms with Crippen LogP contribution in [0.15, 0.2) is 41.4 Å². The van der Waals surface area contributed by atoms with Gasteiger partial charge in [-0.25, -0.2) is 4.79 Å². The molecule has 0 bridgehead atoms. The van der Waals surface area contributed by atoms with Gasteiger partial charge in [0.15, 0.2) is 0 Å². The Kier molecular flexibility index (Phi) is 6.79. The second-order valence-electron chi connectivity index (χ2n) is 4.16. The molecule has 1 aromatic rings. The van der Waals surface area contributed by atoms with Gasteiger partial charge in [0.25, 0.3) is 0 Å². The number of carbonyl (C=O) groups is 2. The minimum absolute atomic E-state index is 0.0872. The Morgan fingerprint density at radius 1 is 1.40 bits per heavy atom. The summed E-state index contributed by atoms with van der Waals surface area (Å²) < 4.78 is 5.73. The molecule has 0 radical (unpaired) electrons. The Morgan fingerprint density at radius 3 is 2.60 bits per heavy atom. The van der Waals surface area contributed by atoms with Gasteiger partial charge in [-0.05, 0) is 24.1 Å². The molecule has 1 rings (SSSR count). The molecular formula is C14H16BrNO4.